The molecule has 0 radical (unpaired) electrons. The Kier molecular flexibility index (Phi) is 5.21. The first-order chi connectivity index (χ1) is 7.24. The maximum absolute atomic E-state index is 4.05. The monoisotopic (exact) mass is 208 g/mol. The zero-order valence-electron chi connectivity index (χ0n) is 9.77. The first-order valence-electron chi connectivity index (χ1n) is 5.37. The largest absolute Gasteiger partial charge is 0.309 e. The van der Waals surface area contributed by atoms with E-state index >= 15 is 0 Å². The number of hydrogen-bond acceptors (Lipinski definition) is 4. The molecule has 1 atom stereocenters. The summed E-state index contributed by atoms with van der Waals surface area (Å²) < 4.78 is 0. The van der Waals surface area contributed by atoms with Crippen molar-refractivity contribution in [1.82, 2.24) is 20.2 Å². The zero-order valence-corrected chi connectivity index (χ0v) is 9.77. The quantitative estimate of drug-likeness (QED) is 0.759. The molecule has 0 spiro atoms. The summed E-state index contributed by atoms with van der Waals surface area (Å²) in [5.74, 6) is 0. The minimum Gasteiger partial charge on any atom is -0.309 e. The Balaban J connectivity index is 2.63. The van der Waals surface area contributed by atoms with Crippen LogP contribution in [0.25, 0.3) is 0 Å². The van der Waals surface area contributed by atoms with Gasteiger partial charge in [0.05, 0.1) is 0 Å². The molecule has 84 valence electrons. The molecule has 0 bridgehead atoms. The highest BCUT2D eigenvalue weighted by Gasteiger charge is 2.11. The van der Waals surface area contributed by atoms with E-state index in [0.717, 1.165) is 25.1 Å². The van der Waals surface area contributed by atoms with Crippen molar-refractivity contribution < 1.29 is 0 Å². The van der Waals surface area contributed by atoms with Gasteiger partial charge in [-0.2, -0.15) is 0 Å². The van der Waals surface area contributed by atoms with Crippen molar-refractivity contribution >= 4 is 0 Å². The van der Waals surface area contributed by atoms with Crippen molar-refractivity contribution in [3.05, 3.63) is 24.3 Å². The molecule has 1 N–H and O–H groups in total. The molecule has 0 saturated carbocycles. The lowest BCUT2D eigenvalue weighted by molar-refractivity contribution is 0.341. The molecule has 15 heavy (non-hydrogen) atoms. The van der Waals surface area contributed by atoms with Gasteiger partial charge in [0.15, 0.2) is 0 Å². The van der Waals surface area contributed by atoms with Gasteiger partial charge in [-0.05, 0) is 27.1 Å². The van der Waals surface area contributed by atoms with E-state index in [1.54, 1.807) is 6.33 Å². The fourth-order valence-corrected chi connectivity index (χ4v) is 1.46. The highest BCUT2D eigenvalue weighted by molar-refractivity contribution is 5.09. The lowest BCUT2D eigenvalue weighted by Gasteiger charge is -2.21. The molecule has 1 aromatic rings. The molecule has 1 rings (SSSR count). The van der Waals surface area contributed by atoms with Gasteiger partial charge in [0.25, 0.3) is 0 Å². The molecule has 0 aliphatic carbocycles. The van der Waals surface area contributed by atoms with E-state index in [9.17, 15) is 0 Å². The number of nitrogens with zero attached hydrogens (tertiary/aromatic N) is 3. The number of nitrogens with one attached hydrogen (secondary N) is 1. The van der Waals surface area contributed by atoms with Crippen molar-refractivity contribution in [3.8, 4) is 0 Å². The molecule has 1 aromatic heterocycles. The van der Waals surface area contributed by atoms with Crippen LogP contribution in [0.4, 0.5) is 0 Å². The van der Waals surface area contributed by atoms with Gasteiger partial charge in [-0.25, -0.2) is 9.97 Å². The maximum atomic E-state index is 4.05. The Morgan fingerprint density at radius 1 is 1.33 bits per heavy atom. The van der Waals surface area contributed by atoms with E-state index in [0.29, 0.717) is 6.04 Å². The molecule has 0 amide bonds. The van der Waals surface area contributed by atoms with E-state index in [4.69, 9.17) is 0 Å². The van der Waals surface area contributed by atoms with Crippen LogP contribution in [0.2, 0.25) is 0 Å². The standard InChI is InChI=1S/C11H20N4/c1-4-5-14-11(8-15(2)3)10-6-12-9-13-7-10/h6-7,9,11,14H,4-5,8H2,1-3H3. The minimum atomic E-state index is 0.321. The predicted octanol–water partition coefficient (Wildman–Crippen LogP) is 1.08. The summed E-state index contributed by atoms with van der Waals surface area (Å²) in [6.45, 7) is 4.15. The van der Waals surface area contributed by atoms with Crippen LogP contribution < -0.4 is 5.32 Å². The average Bonchev–Trinajstić information content (AvgIpc) is 2.25. The first-order valence-corrected chi connectivity index (χ1v) is 5.37. The van der Waals surface area contributed by atoms with E-state index in [-0.39, 0.29) is 0 Å². The van der Waals surface area contributed by atoms with Gasteiger partial charge in [0.2, 0.25) is 0 Å². The molecule has 0 saturated heterocycles. The van der Waals surface area contributed by atoms with Crippen LogP contribution >= 0.6 is 0 Å². The molecular weight excluding hydrogens is 188 g/mol. The molecule has 0 fully saturated rings. The molecule has 1 unspecified atom stereocenters. The summed E-state index contributed by atoms with van der Waals surface area (Å²) in [6.07, 6.45) is 6.46. The van der Waals surface area contributed by atoms with Crippen LogP contribution in [-0.2, 0) is 0 Å². The van der Waals surface area contributed by atoms with Gasteiger partial charge in [0.1, 0.15) is 6.33 Å². The summed E-state index contributed by atoms with van der Waals surface area (Å²) in [5, 5.41) is 3.50. The van der Waals surface area contributed by atoms with Crippen molar-refractivity contribution in [3.63, 3.8) is 0 Å². The van der Waals surface area contributed by atoms with Gasteiger partial charge >= 0.3 is 0 Å². The van der Waals surface area contributed by atoms with Gasteiger partial charge in [0, 0.05) is 30.5 Å². The Morgan fingerprint density at radius 3 is 2.53 bits per heavy atom. The van der Waals surface area contributed by atoms with Crippen LogP contribution in [0, 0.1) is 0 Å². The molecule has 4 heteroatoms. The highest BCUT2D eigenvalue weighted by Crippen LogP contribution is 2.10. The molecular formula is C11H20N4. The van der Waals surface area contributed by atoms with Crippen LogP contribution in [0.5, 0.6) is 0 Å². The predicted molar refractivity (Wildman–Crippen MR) is 61.6 cm³/mol. The summed E-state index contributed by atoms with van der Waals surface area (Å²) in [5.41, 5.74) is 1.15. The fraction of sp³-hybridized carbons (Fsp3) is 0.636. The van der Waals surface area contributed by atoms with Crippen molar-refractivity contribution in [2.24, 2.45) is 0 Å². The van der Waals surface area contributed by atoms with E-state index in [1.807, 2.05) is 12.4 Å². The van der Waals surface area contributed by atoms with Crippen molar-refractivity contribution in [1.29, 1.82) is 0 Å². The summed E-state index contributed by atoms with van der Waals surface area (Å²) in [6, 6.07) is 0.321. The van der Waals surface area contributed by atoms with Crippen LogP contribution in [-0.4, -0.2) is 42.1 Å². The van der Waals surface area contributed by atoms with Gasteiger partial charge in [-0.1, -0.05) is 6.92 Å². The zero-order chi connectivity index (χ0) is 11.1. The van der Waals surface area contributed by atoms with Crippen LogP contribution in [0.15, 0.2) is 18.7 Å². The fourth-order valence-electron chi connectivity index (χ4n) is 1.46. The Morgan fingerprint density at radius 2 is 2.00 bits per heavy atom. The Bertz CT molecular complexity index is 261. The van der Waals surface area contributed by atoms with Gasteiger partial charge in [-0.15, -0.1) is 0 Å². The Labute approximate surface area is 91.7 Å². The lowest BCUT2D eigenvalue weighted by atomic mass is 10.1. The molecule has 0 aliphatic rings. The summed E-state index contributed by atoms with van der Waals surface area (Å²) >= 11 is 0. The number of hydrogen-bond donors (Lipinski definition) is 1. The molecule has 0 aliphatic heterocycles. The molecule has 0 aromatic carbocycles. The van der Waals surface area contributed by atoms with Crippen LogP contribution in [0.1, 0.15) is 24.9 Å². The second-order valence-electron chi connectivity index (χ2n) is 3.94. The third kappa shape index (κ3) is 4.36. The summed E-state index contributed by atoms with van der Waals surface area (Å²) in [7, 11) is 4.15. The van der Waals surface area contributed by atoms with Crippen molar-refractivity contribution in [2.75, 3.05) is 27.2 Å². The topological polar surface area (TPSA) is 41.0 Å². The lowest BCUT2D eigenvalue weighted by Crippen LogP contribution is -2.31. The van der Waals surface area contributed by atoms with Gasteiger partial charge < -0.3 is 10.2 Å². The molecule has 4 nitrogen and oxygen atoms in total. The van der Waals surface area contributed by atoms with E-state index in [1.165, 1.54) is 0 Å². The minimum absolute atomic E-state index is 0.321. The number of rotatable bonds is 6. The highest BCUT2D eigenvalue weighted by atomic mass is 15.1. The summed E-state index contributed by atoms with van der Waals surface area (Å²) in [4.78, 5) is 10.3. The van der Waals surface area contributed by atoms with Crippen molar-refractivity contribution in [2.45, 2.75) is 19.4 Å². The van der Waals surface area contributed by atoms with Crippen LogP contribution in [0.3, 0.4) is 0 Å². The Hall–Kier alpha value is -1.00. The third-order valence-corrected chi connectivity index (χ3v) is 2.17. The maximum Gasteiger partial charge on any atom is 0.115 e. The average molecular weight is 208 g/mol. The number of aromatic nitrogens is 2. The SMILES string of the molecule is CCCNC(CN(C)C)c1cncnc1. The smallest absolute Gasteiger partial charge is 0.115 e. The number of likely N-dealkylation sites (N-methyl/N-ethyl adjacent to an activating group) is 1. The third-order valence-electron chi connectivity index (χ3n) is 2.17. The van der Waals surface area contributed by atoms with Gasteiger partial charge in [-0.3, -0.25) is 0 Å². The van der Waals surface area contributed by atoms with E-state index < -0.39 is 0 Å². The second-order valence-corrected chi connectivity index (χ2v) is 3.94. The molecule has 1 heterocycles. The van der Waals surface area contributed by atoms with E-state index in [2.05, 4.69) is 41.2 Å². The second kappa shape index (κ2) is 6.48. The normalized spacial score (nSPS) is 13.1. The first kappa shape index (κ1) is 12.1.